The Bertz CT molecular complexity index is 1630. The lowest BCUT2D eigenvalue weighted by atomic mass is 10.1. The van der Waals surface area contributed by atoms with Gasteiger partial charge in [-0.3, -0.25) is 9.59 Å². The van der Waals surface area contributed by atoms with Gasteiger partial charge < -0.3 is 14.1 Å². The monoisotopic (exact) mass is 564 g/mol. The standard InChI is InChI=1S/C30H29FN2O6S/c31-24-14-12-22(13-15-24)17-32(18-23-21-39-28-11-5-4-10-27(28)30(23)35)29(34)20-33(19-25-7-6-16-38-25)40(36,37)26-8-2-1-3-9-26/h1-5,8-15,21,25H,6-7,16-20H2/t25-/m1/s1. The van der Waals surface area contributed by atoms with Crippen LogP contribution in [0.1, 0.15) is 24.0 Å². The minimum Gasteiger partial charge on any atom is -0.464 e. The number of benzene rings is 3. The largest absolute Gasteiger partial charge is 0.464 e. The summed E-state index contributed by atoms with van der Waals surface area (Å²) in [5.74, 6) is -0.942. The van der Waals surface area contributed by atoms with E-state index in [0.717, 1.165) is 10.7 Å². The molecule has 40 heavy (non-hydrogen) atoms. The van der Waals surface area contributed by atoms with Crippen molar-refractivity contribution < 1.29 is 26.8 Å². The summed E-state index contributed by atoms with van der Waals surface area (Å²) in [6.45, 7) is 0.00198. The number of halogens is 1. The molecule has 1 fully saturated rings. The predicted molar refractivity (Wildman–Crippen MR) is 147 cm³/mol. The van der Waals surface area contributed by atoms with E-state index >= 15 is 0 Å². The lowest BCUT2D eigenvalue weighted by molar-refractivity contribution is -0.132. The Hall–Kier alpha value is -3.86. The maximum absolute atomic E-state index is 13.8. The van der Waals surface area contributed by atoms with Gasteiger partial charge in [0.15, 0.2) is 5.43 Å². The van der Waals surface area contributed by atoms with Gasteiger partial charge in [0.25, 0.3) is 0 Å². The lowest BCUT2D eigenvalue weighted by Gasteiger charge is -2.28. The first-order valence-corrected chi connectivity index (χ1v) is 14.4. The van der Waals surface area contributed by atoms with E-state index in [1.165, 1.54) is 35.4 Å². The Labute approximate surface area is 231 Å². The average Bonchev–Trinajstić information content (AvgIpc) is 3.48. The van der Waals surface area contributed by atoms with Crippen LogP contribution in [0.4, 0.5) is 4.39 Å². The highest BCUT2D eigenvalue weighted by molar-refractivity contribution is 7.89. The van der Waals surface area contributed by atoms with Crippen molar-refractivity contribution in [3.63, 3.8) is 0 Å². The van der Waals surface area contributed by atoms with E-state index in [1.807, 2.05) is 0 Å². The summed E-state index contributed by atoms with van der Waals surface area (Å²) in [5, 5.41) is 0.376. The molecule has 0 unspecified atom stereocenters. The number of sulfonamides is 1. The predicted octanol–water partition coefficient (Wildman–Crippen LogP) is 4.33. The van der Waals surface area contributed by atoms with Crippen molar-refractivity contribution in [2.45, 2.75) is 36.9 Å². The third kappa shape index (κ3) is 6.30. The van der Waals surface area contributed by atoms with Crippen molar-refractivity contribution in [2.75, 3.05) is 19.7 Å². The van der Waals surface area contributed by atoms with Crippen molar-refractivity contribution >= 4 is 26.9 Å². The zero-order chi connectivity index (χ0) is 28.1. The van der Waals surface area contributed by atoms with Gasteiger partial charge in [0, 0.05) is 19.7 Å². The van der Waals surface area contributed by atoms with E-state index in [1.54, 1.807) is 54.6 Å². The molecule has 1 aliphatic heterocycles. The summed E-state index contributed by atoms with van der Waals surface area (Å²) in [6.07, 6.45) is 2.49. The molecule has 208 valence electrons. The van der Waals surface area contributed by atoms with E-state index in [-0.39, 0.29) is 41.6 Å². The second kappa shape index (κ2) is 12.1. The zero-order valence-corrected chi connectivity index (χ0v) is 22.6. The quantitative estimate of drug-likeness (QED) is 0.285. The molecule has 8 nitrogen and oxygen atoms in total. The Morgan fingerprint density at radius 1 is 0.950 bits per heavy atom. The van der Waals surface area contributed by atoms with Crippen LogP contribution in [0, 0.1) is 5.82 Å². The zero-order valence-electron chi connectivity index (χ0n) is 21.7. The SMILES string of the molecule is O=C(CN(C[C@H]1CCCO1)S(=O)(=O)c1ccccc1)N(Cc1ccc(F)cc1)Cc1coc2ccccc2c1=O. The molecule has 0 spiro atoms. The van der Waals surface area contributed by atoms with Crippen LogP contribution >= 0.6 is 0 Å². The van der Waals surface area contributed by atoms with Gasteiger partial charge in [0.2, 0.25) is 15.9 Å². The van der Waals surface area contributed by atoms with Crippen LogP contribution in [0.2, 0.25) is 0 Å². The molecule has 4 aromatic rings. The van der Waals surface area contributed by atoms with E-state index < -0.39 is 28.3 Å². The maximum Gasteiger partial charge on any atom is 0.243 e. The molecule has 0 N–H and O–H groups in total. The second-order valence-electron chi connectivity index (χ2n) is 9.71. The molecule has 3 aromatic carbocycles. The highest BCUT2D eigenvalue weighted by atomic mass is 32.2. The van der Waals surface area contributed by atoms with Crippen molar-refractivity contribution in [3.8, 4) is 0 Å². The van der Waals surface area contributed by atoms with Crippen molar-refractivity contribution in [1.29, 1.82) is 0 Å². The highest BCUT2D eigenvalue weighted by Gasteiger charge is 2.32. The molecular formula is C30H29FN2O6S. The molecule has 1 aliphatic rings. The van der Waals surface area contributed by atoms with Crippen LogP contribution in [0.15, 0.2) is 99.2 Å². The van der Waals surface area contributed by atoms with Crippen LogP contribution in [0.5, 0.6) is 0 Å². The van der Waals surface area contributed by atoms with Gasteiger partial charge in [0.1, 0.15) is 11.4 Å². The first kappa shape index (κ1) is 27.7. The van der Waals surface area contributed by atoms with Gasteiger partial charge in [0.05, 0.1) is 41.3 Å². The Kier molecular flexibility index (Phi) is 8.39. The number of ether oxygens (including phenoxy) is 1. The van der Waals surface area contributed by atoms with Gasteiger partial charge in [-0.25, -0.2) is 12.8 Å². The molecule has 0 radical (unpaired) electrons. The summed E-state index contributed by atoms with van der Waals surface area (Å²) in [7, 11) is -4.03. The highest BCUT2D eigenvalue weighted by Crippen LogP contribution is 2.21. The molecule has 1 amide bonds. The minimum atomic E-state index is -4.03. The van der Waals surface area contributed by atoms with E-state index in [2.05, 4.69) is 0 Å². The summed E-state index contributed by atoms with van der Waals surface area (Å²) in [6, 6.07) is 20.4. The van der Waals surface area contributed by atoms with E-state index in [0.29, 0.717) is 29.6 Å². The van der Waals surface area contributed by atoms with Crippen LogP contribution < -0.4 is 5.43 Å². The van der Waals surface area contributed by atoms with Gasteiger partial charge in [-0.1, -0.05) is 42.5 Å². The maximum atomic E-state index is 13.8. The van der Waals surface area contributed by atoms with Crippen molar-refractivity contribution in [3.05, 3.63) is 112 Å². The number of para-hydroxylation sites is 1. The normalized spacial score (nSPS) is 15.5. The van der Waals surface area contributed by atoms with Crippen LogP contribution in [0.3, 0.4) is 0 Å². The molecule has 5 rings (SSSR count). The lowest BCUT2D eigenvalue weighted by Crippen LogP contribution is -2.45. The van der Waals surface area contributed by atoms with Crippen LogP contribution in [-0.4, -0.2) is 49.3 Å². The number of nitrogens with zero attached hydrogens (tertiary/aromatic N) is 2. The molecule has 2 heterocycles. The molecule has 10 heteroatoms. The van der Waals surface area contributed by atoms with Crippen molar-refractivity contribution in [1.82, 2.24) is 9.21 Å². The number of amides is 1. The van der Waals surface area contributed by atoms with E-state index in [9.17, 15) is 22.4 Å². The molecule has 0 saturated carbocycles. The van der Waals surface area contributed by atoms with E-state index in [4.69, 9.17) is 9.15 Å². The molecule has 1 saturated heterocycles. The Balaban J connectivity index is 1.47. The summed E-state index contributed by atoms with van der Waals surface area (Å²) < 4.78 is 53.3. The number of hydrogen-bond donors (Lipinski definition) is 0. The fourth-order valence-electron chi connectivity index (χ4n) is 4.73. The minimum absolute atomic E-state index is 0.0193. The van der Waals surface area contributed by atoms with Crippen LogP contribution in [-0.2, 0) is 32.6 Å². The van der Waals surface area contributed by atoms with Gasteiger partial charge >= 0.3 is 0 Å². The second-order valence-corrected chi connectivity index (χ2v) is 11.6. The van der Waals surface area contributed by atoms with Gasteiger partial charge in [-0.05, 0) is 54.8 Å². The number of hydrogen-bond acceptors (Lipinski definition) is 6. The smallest absolute Gasteiger partial charge is 0.243 e. The molecule has 0 bridgehead atoms. The number of rotatable bonds is 10. The topological polar surface area (TPSA) is 97.1 Å². The summed E-state index contributed by atoms with van der Waals surface area (Å²) >= 11 is 0. The third-order valence-corrected chi connectivity index (χ3v) is 8.70. The summed E-state index contributed by atoms with van der Waals surface area (Å²) in [4.78, 5) is 28.5. The fraction of sp³-hybridized carbons (Fsp3) is 0.267. The molecular weight excluding hydrogens is 535 g/mol. The van der Waals surface area contributed by atoms with Gasteiger partial charge in [-0.2, -0.15) is 4.31 Å². The molecule has 1 aromatic heterocycles. The number of carbonyl (C=O) groups excluding carboxylic acids is 1. The third-order valence-electron chi connectivity index (χ3n) is 6.88. The number of carbonyl (C=O) groups is 1. The van der Waals surface area contributed by atoms with Gasteiger partial charge in [-0.15, -0.1) is 0 Å². The number of fused-ring (bicyclic) bond motifs is 1. The first-order chi connectivity index (χ1) is 19.3. The Morgan fingerprint density at radius 2 is 1.68 bits per heavy atom. The summed E-state index contributed by atoms with van der Waals surface area (Å²) in [5.41, 5.74) is 0.999. The average molecular weight is 565 g/mol. The Morgan fingerprint density at radius 3 is 2.40 bits per heavy atom. The molecule has 0 aliphatic carbocycles. The van der Waals surface area contributed by atoms with Crippen molar-refractivity contribution in [2.24, 2.45) is 0 Å². The fourth-order valence-corrected chi connectivity index (χ4v) is 6.17. The van der Waals surface area contributed by atoms with Crippen LogP contribution in [0.25, 0.3) is 11.0 Å². The first-order valence-electron chi connectivity index (χ1n) is 13.0. The molecule has 1 atom stereocenters.